The smallest absolute Gasteiger partial charge is 0.187 e. The van der Waals surface area contributed by atoms with E-state index in [4.69, 9.17) is 10.5 Å². The normalized spacial score (nSPS) is 11.0. The Hall–Kier alpha value is -0.810. The lowest BCUT2D eigenvalue weighted by molar-refractivity contribution is 0.202. The maximum atomic E-state index is 5.73. The van der Waals surface area contributed by atoms with Gasteiger partial charge in [-0.05, 0) is 12.8 Å². The second-order valence-electron chi connectivity index (χ2n) is 3.70. The van der Waals surface area contributed by atoms with Crippen LogP contribution in [0.25, 0.3) is 0 Å². The molecular weight excluding hydrogens is 222 g/mol. The summed E-state index contributed by atoms with van der Waals surface area (Å²) in [7, 11) is 1.72. The van der Waals surface area contributed by atoms with Crippen LogP contribution in [0.15, 0.2) is 6.20 Å². The first-order valence-electron chi connectivity index (χ1n) is 5.69. The summed E-state index contributed by atoms with van der Waals surface area (Å²) in [6.07, 6.45) is 3.95. The Labute approximate surface area is 101 Å². The van der Waals surface area contributed by atoms with Crippen molar-refractivity contribution in [2.45, 2.75) is 32.7 Å². The maximum absolute atomic E-state index is 5.73. The molecule has 2 N–H and O–H groups in total. The van der Waals surface area contributed by atoms with E-state index >= 15 is 0 Å². The molecule has 1 rings (SSSR count). The predicted molar refractivity (Wildman–Crippen MR) is 70.1 cm³/mol. The van der Waals surface area contributed by atoms with E-state index in [0.717, 1.165) is 36.1 Å². The molecule has 1 aromatic heterocycles. The van der Waals surface area contributed by atoms with E-state index < -0.39 is 0 Å². The molecule has 0 radical (unpaired) electrons. The molecule has 16 heavy (non-hydrogen) atoms. The Kier molecular flexibility index (Phi) is 5.55. The number of hydrogen-bond acceptors (Lipinski definition) is 5. The molecule has 1 aromatic rings. The zero-order valence-corrected chi connectivity index (χ0v) is 11.1. The lowest BCUT2D eigenvalue weighted by atomic mass is 10.1. The zero-order chi connectivity index (χ0) is 12.0. The second-order valence-corrected chi connectivity index (χ2v) is 4.74. The molecule has 0 amide bonds. The summed E-state index contributed by atoms with van der Waals surface area (Å²) in [5.74, 6) is 0. The molecule has 5 heteroatoms. The molecule has 0 atom stereocenters. The highest BCUT2D eigenvalue weighted by atomic mass is 32.1. The van der Waals surface area contributed by atoms with Gasteiger partial charge in [-0.3, -0.25) is 0 Å². The average Bonchev–Trinajstić information content (AvgIpc) is 2.71. The summed E-state index contributed by atoms with van der Waals surface area (Å²) >= 11 is 1.54. The summed E-state index contributed by atoms with van der Waals surface area (Å²) in [4.78, 5) is 6.65. The van der Waals surface area contributed by atoms with E-state index in [9.17, 15) is 0 Å². The molecular formula is C11H21N3OS. The number of aromatic nitrogens is 1. The molecule has 0 bridgehead atoms. The third kappa shape index (κ3) is 3.35. The van der Waals surface area contributed by atoms with E-state index in [0.29, 0.717) is 6.04 Å². The fourth-order valence-corrected chi connectivity index (χ4v) is 2.54. The lowest BCUT2D eigenvalue weighted by Crippen LogP contribution is -2.37. The van der Waals surface area contributed by atoms with Gasteiger partial charge in [0, 0.05) is 19.7 Å². The van der Waals surface area contributed by atoms with Crippen molar-refractivity contribution >= 4 is 21.5 Å². The summed E-state index contributed by atoms with van der Waals surface area (Å²) < 4.78 is 5.14. The van der Waals surface area contributed by atoms with Gasteiger partial charge in [0.15, 0.2) is 5.13 Å². The largest absolute Gasteiger partial charge is 0.389 e. The average molecular weight is 243 g/mol. The number of nitrogens with two attached hydrogens (primary N) is 1. The van der Waals surface area contributed by atoms with Crippen molar-refractivity contribution in [2.75, 3.05) is 30.9 Å². The fraction of sp³-hybridized carbons (Fsp3) is 0.727. The number of nitrogen functional groups attached to an aromatic ring is 1. The van der Waals surface area contributed by atoms with E-state index in [-0.39, 0.29) is 0 Å². The van der Waals surface area contributed by atoms with Gasteiger partial charge in [-0.2, -0.15) is 0 Å². The molecule has 0 aliphatic rings. The Morgan fingerprint density at radius 1 is 1.50 bits per heavy atom. The third-order valence-electron chi connectivity index (χ3n) is 2.68. The number of nitrogens with zero attached hydrogens (tertiary/aromatic N) is 2. The Morgan fingerprint density at radius 2 is 2.19 bits per heavy atom. The van der Waals surface area contributed by atoms with Crippen LogP contribution in [-0.4, -0.2) is 31.3 Å². The molecule has 4 nitrogen and oxygen atoms in total. The minimum atomic E-state index is 0.515. The first-order chi connectivity index (χ1) is 7.72. The second kappa shape index (κ2) is 6.70. The third-order valence-corrected chi connectivity index (χ3v) is 3.54. The van der Waals surface area contributed by atoms with Crippen molar-refractivity contribution < 1.29 is 4.74 Å². The molecule has 92 valence electrons. The number of anilines is 2. The van der Waals surface area contributed by atoms with Gasteiger partial charge in [0.1, 0.15) is 5.00 Å². The van der Waals surface area contributed by atoms with Gasteiger partial charge in [0.05, 0.1) is 12.8 Å². The summed E-state index contributed by atoms with van der Waals surface area (Å²) in [6.45, 7) is 5.99. The number of rotatable bonds is 7. The highest BCUT2D eigenvalue weighted by molar-refractivity contribution is 7.19. The van der Waals surface area contributed by atoms with Crippen LogP contribution in [0, 0.1) is 0 Å². The highest BCUT2D eigenvalue weighted by Crippen LogP contribution is 2.27. The molecule has 0 fully saturated rings. The highest BCUT2D eigenvalue weighted by Gasteiger charge is 2.18. The van der Waals surface area contributed by atoms with Crippen molar-refractivity contribution in [2.24, 2.45) is 0 Å². The van der Waals surface area contributed by atoms with E-state index in [1.807, 2.05) is 0 Å². The molecule has 0 saturated carbocycles. The number of methoxy groups -OCH3 is 1. The Balaban J connectivity index is 2.77. The maximum Gasteiger partial charge on any atom is 0.187 e. The van der Waals surface area contributed by atoms with Crippen LogP contribution < -0.4 is 10.6 Å². The van der Waals surface area contributed by atoms with Crippen molar-refractivity contribution in [1.29, 1.82) is 0 Å². The molecule has 0 spiro atoms. The SMILES string of the molecule is CCC(CC)N(CCOC)c1ncc(N)s1. The van der Waals surface area contributed by atoms with Crippen LogP contribution in [0.2, 0.25) is 0 Å². The van der Waals surface area contributed by atoms with E-state index in [2.05, 4.69) is 23.7 Å². The molecule has 0 unspecified atom stereocenters. The minimum Gasteiger partial charge on any atom is -0.389 e. The van der Waals surface area contributed by atoms with Crippen molar-refractivity contribution in [3.05, 3.63) is 6.20 Å². The molecule has 0 aromatic carbocycles. The Bertz CT molecular complexity index is 299. The van der Waals surface area contributed by atoms with E-state index in [1.54, 1.807) is 24.6 Å². The van der Waals surface area contributed by atoms with Gasteiger partial charge in [-0.25, -0.2) is 4.98 Å². The van der Waals surface area contributed by atoms with Crippen LogP contribution in [0.1, 0.15) is 26.7 Å². The zero-order valence-electron chi connectivity index (χ0n) is 10.3. The standard InChI is InChI=1S/C11H21N3OS/c1-4-9(5-2)14(6-7-15-3)11-13-8-10(12)16-11/h8-9H,4-7,12H2,1-3H3. The van der Waals surface area contributed by atoms with Gasteiger partial charge in [-0.1, -0.05) is 25.2 Å². The monoisotopic (exact) mass is 243 g/mol. The molecule has 0 aliphatic carbocycles. The van der Waals surface area contributed by atoms with Crippen LogP contribution in [0.5, 0.6) is 0 Å². The van der Waals surface area contributed by atoms with Gasteiger partial charge in [-0.15, -0.1) is 0 Å². The first kappa shape index (κ1) is 13.3. The van der Waals surface area contributed by atoms with Crippen molar-refractivity contribution in [3.63, 3.8) is 0 Å². The summed E-state index contributed by atoms with van der Waals surface area (Å²) in [5, 5.41) is 1.77. The van der Waals surface area contributed by atoms with Gasteiger partial charge in [0.25, 0.3) is 0 Å². The van der Waals surface area contributed by atoms with Crippen molar-refractivity contribution in [1.82, 2.24) is 4.98 Å². The quantitative estimate of drug-likeness (QED) is 0.799. The molecule has 0 saturated heterocycles. The van der Waals surface area contributed by atoms with Crippen LogP contribution in [0.3, 0.4) is 0 Å². The number of ether oxygens (including phenoxy) is 1. The number of hydrogen-bond donors (Lipinski definition) is 1. The lowest BCUT2D eigenvalue weighted by Gasteiger charge is -2.29. The van der Waals surface area contributed by atoms with Crippen LogP contribution in [0.4, 0.5) is 10.1 Å². The number of thiazole rings is 1. The van der Waals surface area contributed by atoms with Crippen molar-refractivity contribution in [3.8, 4) is 0 Å². The Morgan fingerprint density at radius 3 is 2.62 bits per heavy atom. The summed E-state index contributed by atoms with van der Waals surface area (Å²) in [5.41, 5.74) is 5.73. The van der Waals surface area contributed by atoms with Gasteiger partial charge < -0.3 is 15.4 Å². The van der Waals surface area contributed by atoms with Gasteiger partial charge >= 0.3 is 0 Å². The molecule has 1 heterocycles. The van der Waals surface area contributed by atoms with Crippen LogP contribution >= 0.6 is 11.3 Å². The topological polar surface area (TPSA) is 51.4 Å². The van der Waals surface area contributed by atoms with Crippen LogP contribution in [-0.2, 0) is 4.74 Å². The summed E-state index contributed by atoms with van der Waals surface area (Å²) in [6, 6.07) is 0.515. The predicted octanol–water partition coefficient (Wildman–Crippen LogP) is 2.37. The van der Waals surface area contributed by atoms with Gasteiger partial charge in [0.2, 0.25) is 0 Å². The first-order valence-corrected chi connectivity index (χ1v) is 6.51. The minimum absolute atomic E-state index is 0.515. The fourth-order valence-electron chi connectivity index (χ4n) is 1.76. The molecule has 0 aliphatic heterocycles. The van der Waals surface area contributed by atoms with E-state index in [1.165, 1.54) is 0 Å².